The molecule has 1 heterocycles. The van der Waals surface area contributed by atoms with E-state index in [1.54, 1.807) is 11.9 Å². The first kappa shape index (κ1) is 24.4. The largest absolute Gasteiger partial charge is 0.340 e. The number of carbonyl (C=O) groups excluding carboxylic acids is 2. The first-order chi connectivity index (χ1) is 15.5. The van der Waals surface area contributed by atoms with E-state index in [-0.39, 0.29) is 29.7 Å². The number of nitrogens with one attached hydrogen (secondary N) is 1. The van der Waals surface area contributed by atoms with Crippen molar-refractivity contribution in [1.82, 2.24) is 20.2 Å². The van der Waals surface area contributed by atoms with Crippen molar-refractivity contribution in [1.29, 1.82) is 0 Å². The average Bonchev–Trinajstić information content (AvgIpc) is 2.76. The van der Waals surface area contributed by atoms with E-state index >= 15 is 0 Å². The van der Waals surface area contributed by atoms with Crippen LogP contribution in [-0.2, 0) is 16.8 Å². The van der Waals surface area contributed by atoms with Crippen LogP contribution in [0.3, 0.4) is 0 Å². The Kier molecular flexibility index (Phi) is 7.15. The van der Waals surface area contributed by atoms with Crippen LogP contribution >= 0.6 is 0 Å². The summed E-state index contributed by atoms with van der Waals surface area (Å²) < 4.78 is 0. The van der Waals surface area contributed by atoms with Gasteiger partial charge in [0.1, 0.15) is 11.9 Å². The summed E-state index contributed by atoms with van der Waals surface area (Å²) in [6, 6.07) is 14.7. The van der Waals surface area contributed by atoms with E-state index in [0.29, 0.717) is 11.4 Å². The standard InChI is InChI=1S/C27H34N4O2/c1-17(2)24(30-25(32)19-12-14-20(15-13-19)27(4,5)6)26(33)31(7)16-23-28-18(3)21-10-8-9-11-22(21)29-23/h8-15,17,24H,16H2,1-7H3,(H,30,32). The van der Waals surface area contributed by atoms with E-state index in [2.05, 4.69) is 36.1 Å². The van der Waals surface area contributed by atoms with Crippen molar-refractivity contribution >= 4 is 22.7 Å². The van der Waals surface area contributed by atoms with Crippen LogP contribution in [0.15, 0.2) is 48.5 Å². The number of hydrogen-bond acceptors (Lipinski definition) is 4. The number of para-hydroxylation sites is 1. The first-order valence-electron chi connectivity index (χ1n) is 11.4. The molecule has 0 fully saturated rings. The number of benzene rings is 2. The van der Waals surface area contributed by atoms with Gasteiger partial charge in [0.2, 0.25) is 5.91 Å². The zero-order chi connectivity index (χ0) is 24.3. The van der Waals surface area contributed by atoms with Crippen LogP contribution in [-0.4, -0.2) is 39.8 Å². The smallest absolute Gasteiger partial charge is 0.251 e. The Morgan fingerprint density at radius 2 is 1.64 bits per heavy atom. The molecule has 1 atom stereocenters. The van der Waals surface area contributed by atoms with Gasteiger partial charge in [-0.05, 0) is 42.0 Å². The molecule has 2 amide bonds. The van der Waals surface area contributed by atoms with Gasteiger partial charge in [-0.1, -0.05) is 65.0 Å². The number of rotatable bonds is 6. The van der Waals surface area contributed by atoms with Gasteiger partial charge in [-0.3, -0.25) is 9.59 Å². The summed E-state index contributed by atoms with van der Waals surface area (Å²) in [5.41, 5.74) is 3.44. The Morgan fingerprint density at radius 3 is 2.24 bits per heavy atom. The van der Waals surface area contributed by atoms with Gasteiger partial charge < -0.3 is 10.2 Å². The van der Waals surface area contributed by atoms with Crippen molar-refractivity contribution in [3.05, 3.63) is 71.2 Å². The third kappa shape index (κ3) is 5.75. The number of carbonyl (C=O) groups is 2. The second kappa shape index (κ2) is 9.69. The second-order valence-corrected chi connectivity index (χ2v) is 9.96. The third-order valence-electron chi connectivity index (χ3n) is 5.83. The van der Waals surface area contributed by atoms with E-state index < -0.39 is 6.04 Å². The lowest BCUT2D eigenvalue weighted by atomic mass is 9.86. The molecule has 2 aromatic carbocycles. The molecule has 6 heteroatoms. The van der Waals surface area contributed by atoms with Gasteiger partial charge in [0.05, 0.1) is 12.1 Å². The lowest BCUT2D eigenvalue weighted by molar-refractivity contribution is -0.133. The topological polar surface area (TPSA) is 75.2 Å². The summed E-state index contributed by atoms with van der Waals surface area (Å²) in [6.45, 7) is 12.5. The highest BCUT2D eigenvalue weighted by molar-refractivity contribution is 5.97. The summed E-state index contributed by atoms with van der Waals surface area (Å²) in [4.78, 5) is 36.9. The fourth-order valence-corrected chi connectivity index (χ4v) is 3.75. The van der Waals surface area contributed by atoms with Crippen molar-refractivity contribution in [3.8, 4) is 0 Å². The van der Waals surface area contributed by atoms with Gasteiger partial charge in [0.25, 0.3) is 5.91 Å². The Bertz CT molecular complexity index is 1150. The van der Waals surface area contributed by atoms with Crippen LogP contribution in [0.25, 0.3) is 10.9 Å². The molecule has 0 aliphatic heterocycles. The fraction of sp³-hybridized carbons (Fsp3) is 0.407. The van der Waals surface area contributed by atoms with E-state index in [1.807, 2.05) is 69.3 Å². The van der Waals surface area contributed by atoms with Crippen LogP contribution in [0.5, 0.6) is 0 Å². The van der Waals surface area contributed by atoms with Gasteiger partial charge >= 0.3 is 0 Å². The molecule has 0 spiro atoms. The van der Waals surface area contributed by atoms with Crippen LogP contribution in [0.4, 0.5) is 0 Å². The Hall–Kier alpha value is -3.28. The molecule has 0 aliphatic rings. The van der Waals surface area contributed by atoms with Crippen molar-refractivity contribution in [2.75, 3.05) is 7.05 Å². The maximum absolute atomic E-state index is 13.2. The van der Waals surface area contributed by atoms with Crippen molar-refractivity contribution in [3.63, 3.8) is 0 Å². The first-order valence-corrected chi connectivity index (χ1v) is 11.4. The molecular weight excluding hydrogens is 412 g/mol. The number of likely N-dealkylation sites (N-methyl/N-ethyl adjacent to an activating group) is 1. The highest BCUT2D eigenvalue weighted by atomic mass is 16.2. The predicted molar refractivity (Wildman–Crippen MR) is 132 cm³/mol. The molecule has 0 saturated carbocycles. The maximum atomic E-state index is 13.2. The van der Waals surface area contributed by atoms with Crippen molar-refractivity contribution in [2.45, 2.75) is 59.5 Å². The number of aryl methyl sites for hydroxylation is 1. The maximum Gasteiger partial charge on any atom is 0.251 e. The van der Waals surface area contributed by atoms with E-state index in [9.17, 15) is 9.59 Å². The number of nitrogens with zero attached hydrogens (tertiary/aromatic N) is 3. The van der Waals surface area contributed by atoms with Gasteiger partial charge in [-0.25, -0.2) is 9.97 Å². The van der Waals surface area contributed by atoms with Crippen LogP contribution < -0.4 is 5.32 Å². The molecule has 0 bridgehead atoms. The lowest BCUT2D eigenvalue weighted by Gasteiger charge is -2.27. The third-order valence-corrected chi connectivity index (χ3v) is 5.83. The number of hydrogen-bond donors (Lipinski definition) is 1. The number of fused-ring (bicyclic) bond motifs is 1. The van der Waals surface area contributed by atoms with Crippen molar-refractivity contribution < 1.29 is 9.59 Å². The molecule has 1 aromatic heterocycles. The molecule has 3 aromatic rings. The number of amides is 2. The summed E-state index contributed by atoms with van der Waals surface area (Å²) in [5, 5.41) is 3.93. The molecule has 1 unspecified atom stereocenters. The normalized spacial score (nSPS) is 12.6. The monoisotopic (exact) mass is 446 g/mol. The molecule has 1 N–H and O–H groups in total. The van der Waals surface area contributed by atoms with E-state index in [0.717, 1.165) is 22.2 Å². The lowest BCUT2D eigenvalue weighted by Crippen LogP contribution is -2.50. The van der Waals surface area contributed by atoms with Gasteiger partial charge in [-0.15, -0.1) is 0 Å². The number of aromatic nitrogens is 2. The molecule has 0 aliphatic carbocycles. The van der Waals surface area contributed by atoms with E-state index in [4.69, 9.17) is 0 Å². The highest BCUT2D eigenvalue weighted by Gasteiger charge is 2.28. The van der Waals surface area contributed by atoms with Gasteiger partial charge in [0.15, 0.2) is 0 Å². The molecule has 3 rings (SSSR count). The molecule has 33 heavy (non-hydrogen) atoms. The quantitative estimate of drug-likeness (QED) is 0.598. The second-order valence-electron chi connectivity index (χ2n) is 9.96. The molecule has 174 valence electrons. The zero-order valence-corrected chi connectivity index (χ0v) is 20.6. The van der Waals surface area contributed by atoms with Gasteiger partial charge in [0, 0.05) is 23.7 Å². The summed E-state index contributed by atoms with van der Waals surface area (Å²) in [6.07, 6.45) is 0. The summed E-state index contributed by atoms with van der Waals surface area (Å²) >= 11 is 0. The molecular formula is C27H34N4O2. The fourth-order valence-electron chi connectivity index (χ4n) is 3.75. The minimum Gasteiger partial charge on any atom is -0.340 e. The van der Waals surface area contributed by atoms with Crippen LogP contribution in [0, 0.1) is 12.8 Å². The van der Waals surface area contributed by atoms with Crippen LogP contribution in [0.2, 0.25) is 0 Å². The molecule has 0 radical (unpaired) electrons. The van der Waals surface area contributed by atoms with Crippen LogP contribution in [0.1, 0.15) is 62.1 Å². The van der Waals surface area contributed by atoms with Crippen molar-refractivity contribution in [2.24, 2.45) is 5.92 Å². The molecule has 6 nitrogen and oxygen atoms in total. The van der Waals surface area contributed by atoms with Gasteiger partial charge in [-0.2, -0.15) is 0 Å². The Balaban J connectivity index is 1.73. The SMILES string of the molecule is Cc1nc(CN(C)C(=O)C(NC(=O)c2ccc(C(C)(C)C)cc2)C(C)C)nc2ccccc12. The Morgan fingerprint density at radius 1 is 1.00 bits per heavy atom. The minimum absolute atomic E-state index is 0.0113. The summed E-state index contributed by atoms with van der Waals surface area (Å²) in [7, 11) is 1.72. The average molecular weight is 447 g/mol. The minimum atomic E-state index is -0.647. The Labute approximate surface area is 196 Å². The van der Waals surface area contributed by atoms with E-state index in [1.165, 1.54) is 0 Å². The highest BCUT2D eigenvalue weighted by Crippen LogP contribution is 2.22. The predicted octanol–water partition coefficient (Wildman–Crippen LogP) is 4.65. The summed E-state index contributed by atoms with van der Waals surface area (Å²) in [5.74, 6) is 0.0819. The zero-order valence-electron chi connectivity index (χ0n) is 20.6. The molecule has 0 saturated heterocycles.